The second kappa shape index (κ2) is 6.51. The molecule has 1 atom stereocenters. The van der Waals surface area contributed by atoms with E-state index in [-0.39, 0.29) is 18.4 Å². The highest BCUT2D eigenvalue weighted by molar-refractivity contribution is 5.86. The number of nitrogens with one attached hydrogen (secondary N) is 1. The van der Waals surface area contributed by atoms with Gasteiger partial charge in [0.15, 0.2) is 0 Å². The molecule has 0 bridgehead atoms. The molecule has 0 saturated carbocycles. The Hall–Kier alpha value is -1.89. The van der Waals surface area contributed by atoms with Crippen molar-refractivity contribution in [2.24, 2.45) is 5.73 Å². The van der Waals surface area contributed by atoms with Crippen molar-refractivity contribution in [2.45, 2.75) is 32.4 Å². The summed E-state index contributed by atoms with van der Waals surface area (Å²) in [6, 6.07) is 1.31. The molecule has 1 heterocycles. The van der Waals surface area contributed by atoms with Crippen LogP contribution in [0, 0.1) is 0 Å². The van der Waals surface area contributed by atoms with Crippen LogP contribution in [0.3, 0.4) is 0 Å². The zero-order valence-electron chi connectivity index (χ0n) is 12.5. The molecule has 0 aromatic carbocycles. The van der Waals surface area contributed by atoms with Crippen LogP contribution in [0.15, 0.2) is 18.5 Å². The summed E-state index contributed by atoms with van der Waals surface area (Å²) in [5.74, 6) is -0.400. The first-order chi connectivity index (χ1) is 9.20. The van der Waals surface area contributed by atoms with Crippen LogP contribution >= 0.6 is 0 Å². The Morgan fingerprint density at radius 1 is 1.50 bits per heavy atom. The zero-order valence-corrected chi connectivity index (χ0v) is 12.5. The number of aromatic nitrogens is 2. The fraction of sp³-hybridized carbons (Fsp3) is 0.615. The Labute approximate surface area is 119 Å². The average molecular weight is 281 g/mol. The molecule has 0 spiro atoms. The summed E-state index contributed by atoms with van der Waals surface area (Å²) < 4.78 is 1.56. The third kappa shape index (κ3) is 5.00. The van der Waals surface area contributed by atoms with Crippen molar-refractivity contribution < 1.29 is 9.59 Å². The van der Waals surface area contributed by atoms with E-state index >= 15 is 0 Å². The van der Waals surface area contributed by atoms with Crippen molar-refractivity contribution in [3.05, 3.63) is 18.5 Å². The van der Waals surface area contributed by atoms with Gasteiger partial charge in [-0.3, -0.25) is 14.3 Å². The molecule has 112 valence electrons. The monoisotopic (exact) mass is 281 g/mol. The lowest BCUT2D eigenvalue weighted by Gasteiger charge is -2.23. The average Bonchev–Trinajstić information content (AvgIpc) is 2.87. The highest BCUT2D eigenvalue weighted by Crippen LogP contribution is 2.07. The van der Waals surface area contributed by atoms with Crippen molar-refractivity contribution >= 4 is 11.8 Å². The highest BCUT2D eigenvalue weighted by Gasteiger charge is 2.21. The van der Waals surface area contributed by atoms with Gasteiger partial charge in [-0.15, -0.1) is 0 Å². The number of nitrogens with two attached hydrogens (primary N) is 1. The van der Waals surface area contributed by atoms with Gasteiger partial charge in [-0.2, -0.15) is 5.10 Å². The molecular weight excluding hydrogens is 258 g/mol. The van der Waals surface area contributed by atoms with E-state index in [9.17, 15) is 9.59 Å². The van der Waals surface area contributed by atoms with Crippen LogP contribution in [0.4, 0.5) is 0 Å². The Morgan fingerprint density at radius 2 is 2.15 bits per heavy atom. The fourth-order valence-corrected chi connectivity index (χ4v) is 1.62. The van der Waals surface area contributed by atoms with Gasteiger partial charge in [0.2, 0.25) is 11.8 Å². The van der Waals surface area contributed by atoms with E-state index in [0.717, 1.165) is 0 Å². The van der Waals surface area contributed by atoms with Gasteiger partial charge in [0.1, 0.15) is 6.04 Å². The van der Waals surface area contributed by atoms with E-state index in [4.69, 9.17) is 5.73 Å². The number of hydrogen-bond acceptors (Lipinski definition) is 4. The molecule has 0 fully saturated rings. The molecule has 7 heteroatoms. The lowest BCUT2D eigenvalue weighted by molar-refractivity contribution is -0.137. The smallest absolute Gasteiger partial charge is 0.247 e. The molecule has 0 aliphatic rings. The Bertz CT molecular complexity index is 450. The largest absolute Gasteiger partial charge is 0.353 e. The van der Waals surface area contributed by atoms with E-state index in [0.29, 0.717) is 6.54 Å². The first kappa shape index (κ1) is 16.2. The Morgan fingerprint density at radius 3 is 2.65 bits per heavy atom. The SMILES string of the molecule is CC(C(=O)N(C)CC(=O)NCC(C)(C)N)n1cccn1. The molecule has 0 aliphatic carbocycles. The van der Waals surface area contributed by atoms with E-state index in [2.05, 4.69) is 10.4 Å². The van der Waals surface area contributed by atoms with Gasteiger partial charge in [-0.25, -0.2) is 0 Å². The predicted octanol–water partition coefficient (Wildman–Crippen LogP) is -0.244. The van der Waals surface area contributed by atoms with Crippen molar-refractivity contribution in [3.8, 4) is 0 Å². The minimum atomic E-state index is -0.472. The molecule has 0 radical (unpaired) electrons. The van der Waals surface area contributed by atoms with Gasteiger partial charge in [-0.1, -0.05) is 0 Å². The summed E-state index contributed by atoms with van der Waals surface area (Å²) in [6.45, 7) is 5.75. The van der Waals surface area contributed by atoms with Crippen molar-refractivity contribution in [3.63, 3.8) is 0 Å². The number of likely N-dealkylation sites (N-methyl/N-ethyl adjacent to an activating group) is 1. The zero-order chi connectivity index (χ0) is 15.3. The van der Waals surface area contributed by atoms with Gasteiger partial charge in [0, 0.05) is 31.5 Å². The third-order valence-electron chi connectivity index (χ3n) is 2.78. The topological polar surface area (TPSA) is 93.3 Å². The maximum Gasteiger partial charge on any atom is 0.247 e. The van der Waals surface area contributed by atoms with Gasteiger partial charge in [0.05, 0.1) is 6.54 Å². The number of amides is 2. The summed E-state index contributed by atoms with van der Waals surface area (Å²) in [5, 5.41) is 6.72. The minimum absolute atomic E-state index is 0.000518. The summed E-state index contributed by atoms with van der Waals surface area (Å²) in [4.78, 5) is 25.2. The van der Waals surface area contributed by atoms with Crippen LogP contribution in [-0.4, -0.2) is 52.2 Å². The van der Waals surface area contributed by atoms with E-state index in [1.807, 2.05) is 13.8 Å². The summed E-state index contributed by atoms with van der Waals surface area (Å²) in [7, 11) is 1.59. The molecule has 2 amide bonds. The van der Waals surface area contributed by atoms with Gasteiger partial charge >= 0.3 is 0 Å². The summed E-state index contributed by atoms with van der Waals surface area (Å²) >= 11 is 0. The highest BCUT2D eigenvalue weighted by atomic mass is 16.2. The maximum absolute atomic E-state index is 12.1. The first-order valence-corrected chi connectivity index (χ1v) is 6.50. The van der Waals surface area contributed by atoms with E-state index < -0.39 is 11.6 Å². The molecule has 1 rings (SSSR count). The lowest BCUT2D eigenvalue weighted by atomic mass is 10.1. The van der Waals surface area contributed by atoms with Crippen LogP contribution in [0.1, 0.15) is 26.8 Å². The number of carbonyl (C=O) groups excluding carboxylic acids is 2. The van der Waals surface area contributed by atoms with Crippen molar-refractivity contribution in [2.75, 3.05) is 20.1 Å². The van der Waals surface area contributed by atoms with Gasteiger partial charge < -0.3 is 16.0 Å². The number of rotatable bonds is 6. The molecule has 7 nitrogen and oxygen atoms in total. The van der Waals surface area contributed by atoms with Crippen molar-refractivity contribution in [1.82, 2.24) is 20.0 Å². The van der Waals surface area contributed by atoms with E-state index in [1.54, 1.807) is 37.1 Å². The molecule has 3 N–H and O–H groups in total. The van der Waals surface area contributed by atoms with Gasteiger partial charge in [0.25, 0.3) is 0 Å². The Balaban J connectivity index is 2.47. The first-order valence-electron chi connectivity index (χ1n) is 6.50. The summed E-state index contributed by atoms with van der Waals surface area (Å²) in [5.41, 5.74) is 5.31. The molecule has 20 heavy (non-hydrogen) atoms. The van der Waals surface area contributed by atoms with Gasteiger partial charge in [-0.05, 0) is 26.8 Å². The second-order valence-corrected chi connectivity index (χ2v) is 5.62. The number of carbonyl (C=O) groups is 2. The minimum Gasteiger partial charge on any atom is -0.353 e. The Kier molecular flexibility index (Phi) is 5.26. The maximum atomic E-state index is 12.1. The molecule has 1 aromatic rings. The number of nitrogens with zero attached hydrogens (tertiary/aromatic N) is 3. The van der Waals surface area contributed by atoms with Crippen LogP contribution in [0.5, 0.6) is 0 Å². The molecule has 0 saturated heterocycles. The predicted molar refractivity (Wildman–Crippen MR) is 75.9 cm³/mol. The summed E-state index contributed by atoms with van der Waals surface area (Å²) in [6.07, 6.45) is 3.33. The standard InChI is InChI=1S/C13H23N5O2/c1-10(18-7-5-6-16-18)12(20)17(4)8-11(19)15-9-13(2,3)14/h5-7,10H,8-9,14H2,1-4H3,(H,15,19). The quantitative estimate of drug-likeness (QED) is 0.752. The molecular formula is C13H23N5O2. The second-order valence-electron chi connectivity index (χ2n) is 5.62. The van der Waals surface area contributed by atoms with Crippen LogP contribution in [0.25, 0.3) is 0 Å². The van der Waals surface area contributed by atoms with Crippen molar-refractivity contribution in [1.29, 1.82) is 0 Å². The van der Waals surface area contributed by atoms with Crippen LogP contribution in [0.2, 0.25) is 0 Å². The molecule has 0 aliphatic heterocycles. The molecule has 1 unspecified atom stereocenters. The van der Waals surface area contributed by atoms with E-state index in [1.165, 1.54) is 4.90 Å². The lowest BCUT2D eigenvalue weighted by Crippen LogP contribution is -2.48. The van der Waals surface area contributed by atoms with Crippen LogP contribution in [-0.2, 0) is 9.59 Å². The number of hydrogen-bond donors (Lipinski definition) is 2. The molecule has 1 aromatic heterocycles. The fourth-order valence-electron chi connectivity index (χ4n) is 1.62. The normalized spacial score (nSPS) is 12.8. The third-order valence-corrected chi connectivity index (χ3v) is 2.78. The van der Waals surface area contributed by atoms with Crippen LogP contribution < -0.4 is 11.1 Å².